The first kappa shape index (κ1) is 15.4. The molecule has 0 bridgehead atoms. The highest BCUT2D eigenvalue weighted by Gasteiger charge is 2.15. The van der Waals surface area contributed by atoms with Crippen molar-refractivity contribution in [3.8, 4) is 16.9 Å². The zero-order chi connectivity index (χ0) is 14.9. The van der Waals surface area contributed by atoms with E-state index < -0.39 is 6.43 Å². The summed E-state index contributed by atoms with van der Waals surface area (Å²) in [6, 6.07) is 7.19. The summed E-state index contributed by atoms with van der Waals surface area (Å²) in [5.74, 6) is 0.295. The second-order valence-corrected chi connectivity index (χ2v) is 5.23. The Kier molecular flexibility index (Phi) is 4.74. The van der Waals surface area contributed by atoms with Gasteiger partial charge >= 0.3 is 0 Å². The fourth-order valence-corrected chi connectivity index (χ4v) is 2.44. The Morgan fingerprint density at radius 1 is 0.900 bits per heavy atom. The van der Waals surface area contributed by atoms with Crippen LogP contribution in [0.4, 0.5) is 8.78 Å². The maximum Gasteiger partial charge on any atom is 0.263 e. The lowest BCUT2D eigenvalue weighted by molar-refractivity contribution is 0.151. The summed E-state index contributed by atoms with van der Waals surface area (Å²) >= 11 is 17.9. The normalized spacial score (nSPS) is 10.9. The van der Waals surface area contributed by atoms with Crippen LogP contribution in [0.25, 0.3) is 11.1 Å². The van der Waals surface area contributed by atoms with Crippen molar-refractivity contribution in [3.05, 3.63) is 51.0 Å². The van der Waals surface area contributed by atoms with Crippen LogP contribution in [0.3, 0.4) is 0 Å². The van der Waals surface area contributed by atoms with Crippen LogP contribution in [0.1, 0.15) is 12.0 Å². The molecule has 1 nitrogen and oxygen atoms in total. The summed E-state index contributed by atoms with van der Waals surface area (Å²) in [7, 11) is 1.40. The predicted octanol–water partition coefficient (Wildman–Crippen LogP) is 6.26. The molecule has 0 aromatic heterocycles. The molecule has 20 heavy (non-hydrogen) atoms. The third-order valence-electron chi connectivity index (χ3n) is 2.78. The van der Waals surface area contributed by atoms with Crippen LogP contribution in [0.2, 0.25) is 15.1 Å². The molecule has 0 spiro atoms. The Morgan fingerprint density at radius 2 is 1.55 bits per heavy atom. The van der Waals surface area contributed by atoms with E-state index in [1.165, 1.54) is 31.4 Å². The summed E-state index contributed by atoms with van der Waals surface area (Å²) in [6.07, 6.45) is -2.57. The number of hydrogen-bond donors (Lipinski definition) is 0. The van der Waals surface area contributed by atoms with Crippen molar-refractivity contribution in [3.63, 3.8) is 0 Å². The Morgan fingerprint density at radius 3 is 2.15 bits per heavy atom. The highest BCUT2D eigenvalue weighted by Crippen LogP contribution is 2.40. The average molecular weight is 338 g/mol. The highest BCUT2D eigenvalue weighted by molar-refractivity contribution is 6.44. The zero-order valence-electron chi connectivity index (χ0n) is 10.3. The topological polar surface area (TPSA) is 9.23 Å². The maximum absolute atomic E-state index is 12.7. The quantitative estimate of drug-likeness (QED) is 0.601. The lowest BCUT2D eigenvalue weighted by atomic mass is 10.0. The molecule has 0 saturated heterocycles. The first-order chi connectivity index (χ1) is 9.43. The van der Waals surface area contributed by atoms with Gasteiger partial charge in [-0.25, -0.2) is 8.78 Å². The van der Waals surface area contributed by atoms with Gasteiger partial charge in [0.2, 0.25) is 0 Å². The molecule has 0 radical (unpaired) electrons. The smallest absolute Gasteiger partial charge is 0.263 e. The van der Waals surface area contributed by atoms with Crippen molar-refractivity contribution >= 4 is 34.8 Å². The van der Waals surface area contributed by atoms with E-state index in [0.29, 0.717) is 31.9 Å². The SMILES string of the molecule is COc1cc(C(F)F)ccc1-c1cc(Cl)c(Cl)cc1Cl. The van der Waals surface area contributed by atoms with Gasteiger partial charge < -0.3 is 4.74 Å². The van der Waals surface area contributed by atoms with E-state index in [0.717, 1.165) is 0 Å². The van der Waals surface area contributed by atoms with Crippen LogP contribution in [0, 0.1) is 0 Å². The molecule has 2 rings (SSSR count). The van der Waals surface area contributed by atoms with E-state index in [1.807, 2.05) is 0 Å². The third-order valence-corrected chi connectivity index (χ3v) is 3.81. The van der Waals surface area contributed by atoms with E-state index in [4.69, 9.17) is 39.5 Å². The second-order valence-electron chi connectivity index (χ2n) is 4.01. The van der Waals surface area contributed by atoms with Crippen LogP contribution < -0.4 is 4.74 Å². The molecule has 6 heteroatoms. The second kappa shape index (κ2) is 6.17. The number of alkyl halides is 2. The van der Waals surface area contributed by atoms with E-state index in [1.54, 1.807) is 6.07 Å². The van der Waals surface area contributed by atoms with Gasteiger partial charge in [-0.15, -0.1) is 0 Å². The summed E-state index contributed by atoms with van der Waals surface area (Å²) in [5.41, 5.74) is 1.01. The maximum atomic E-state index is 12.7. The molecule has 2 aromatic carbocycles. The predicted molar refractivity (Wildman–Crippen MR) is 78.4 cm³/mol. The van der Waals surface area contributed by atoms with E-state index in [2.05, 4.69) is 0 Å². The number of rotatable bonds is 3. The van der Waals surface area contributed by atoms with Gasteiger partial charge in [-0.05, 0) is 18.2 Å². The number of benzene rings is 2. The molecule has 0 saturated carbocycles. The summed E-state index contributed by atoms with van der Waals surface area (Å²) in [5, 5.41) is 1.01. The summed E-state index contributed by atoms with van der Waals surface area (Å²) in [4.78, 5) is 0. The minimum atomic E-state index is -2.57. The number of ether oxygens (including phenoxy) is 1. The third kappa shape index (κ3) is 3.00. The van der Waals surface area contributed by atoms with E-state index in [9.17, 15) is 8.78 Å². The Balaban J connectivity index is 2.61. The lowest BCUT2D eigenvalue weighted by Gasteiger charge is -2.13. The molecule has 2 aromatic rings. The van der Waals surface area contributed by atoms with Crippen LogP contribution >= 0.6 is 34.8 Å². The van der Waals surface area contributed by atoms with Gasteiger partial charge in [0, 0.05) is 16.7 Å². The monoisotopic (exact) mass is 336 g/mol. The summed E-state index contributed by atoms with van der Waals surface area (Å²) in [6.45, 7) is 0. The van der Waals surface area contributed by atoms with Gasteiger partial charge in [0.15, 0.2) is 0 Å². The Labute approximate surface area is 130 Å². The molecule has 0 aliphatic heterocycles. The number of hydrogen-bond acceptors (Lipinski definition) is 1. The molecule has 0 amide bonds. The van der Waals surface area contributed by atoms with E-state index in [-0.39, 0.29) is 5.56 Å². The fraction of sp³-hybridized carbons (Fsp3) is 0.143. The van der Waals surface area contributed by atoms with Crippen molar-refractivity contribution in [1.82, 2.24) is 0 Å². The molecular formula is C14H9Cl3F2O. The molecule has 0 N–H and O–H groups in total. The van der Waals surface area contributed by atoms with Crippen molar-refractivity contribution < 1.29 is 13.5 Å². The first-order valence-corrected chi connectivity index (χ1v) is 6.68. The van der Waals surface area contributed by atoms with Gasteiger partial charge in [0.25, 0.3) is 6.43 Å². The zero-order valence-corrected chi connectivity index (χ0v) is 12.5. The molecule has 0 heterocycles. The summed E-state index contributed by atoms with van der Waals surface area (Å²) < 4.78 is 30.5. The largest absolute Gasteiger partial charge is 0.496 e. The average Bonchev–Trinajstić information content (AvgIpc) is 2.42. The van der Waals surface area contributed by atoms with Crippen molar-refractivity contribution in [2.24, 2.45) is 0 Å². The minimum absolute atomic E-state index is 0.123. The van der Waals surface area contributed by atoms with Gasteiger partial charge in [-0.2, -0.15) is 0 Å². The Hall–Kier alpha value is -1.03. The van der Waals surface area contributed by atoms with Gasteiger partial charge in [0.1, 0.15) is 5.75 Å². The van der Waals surface area contributed by atoms with Crippen molar-refractivity contribution in [2.45, 2.75) is 6.43 Å². The minimum Gasteiger partial charge on any atom is -0.496 e. The van der Waals surface area contributed by atoms with Crippen molar-refractivity contribution in [1.29, 1.82) is 0 Å². The fourth-order valence-electron chi connectivity index (χ4n) is 1.80. The van der Waals surface area contributed by atoms with Gasteiger partial charge in [-0.1, -0.05) is 46.9 Å². The van der Waals surface area contributed by atoms with E-state index >= 15 is 0 Å². The molecule has 0 fully saturated rings. The van der Waals surface area contributed by atoms with Crippen LogP contribution in [0.5, 0.6) is 5.75 Å². The van der Waals surface area contributed by atoms with Gasteiger partial charge in [-0.3, -0.25) is 0 Å². The molecular weight excluding hydrogens is 329 g/mol. The van der Waals surface area contributed by atoms with Crippen molar-refractivity contribution in [2.75, 3.05) is 7.11 Å². The highest BCUT2D eigenvalue weighted by atomic mass is 35.5. The van der Waals surface area contributed by atoms with Crippen LogP contribution in [-0.4, -0.2) is 7.11 Å². The van der Waals surface area contributed by atoms with Crippen LogP contribution in [0.15, 0.2) is 30.3 Å². The number of methoxy groups -OCH3 is 1. The molecule has 0 unspecified atom stereocenters. The number of halogens is 5. The van der Waals surface area contributed by atoms with Gasteiger partial charge in [0.05, 0.1) is 22.2 Å². The lowest BCUT2D eigenvalue weighted by Crippen LogP contribution is -1.92. The molecule has 0 aliphatic rings. The first-order valence-electron chi connectivity index (χ1n) is 5.55. The Bertz CT molecular complexity index is 645. The van der Waals surface area contributed by atoms with Crippen LogP contribution in [-0.2, 0) is 0 Å². The standard InChI is InChI=1S/C14H9Cl3F2O/c1-20-13-4-7(14(18)19)2-3-8(13)9-5-11(16)12(17)6-10(9)15/h2-6,14H,1H3. The molecule has 0 atom stereocenters. The molecule has 0 aliphatic carbocycles. The molecule has 106 valence electrons.